The van der Waals surface area contributed by atoms with Crippen molar-refractivity contribution in [1.82, 2.24) is 5.32 Å². The lowest BCUT2D eigenvalue weighted by molar-refractivity contribution is -0.117. The molecule has 0 saturated carbocycles. The number of carbonyl (C=O) groups excluding carboxylic acids is 1. The van der Waals surface area contributed by atoms with Gasteiger partial charge in [-0.25, -0.2) is 0 Å². The second-order valence-corrected chi connectivity index (χ2v) is 2.71. The van der Waals surface area contributed by atoms with Gasteiger partial charge in [0.1, 0.15) is 5.60 Å². The summed E-state index contributed by atoms with van der Waals surface area (Å²) in [5.74, 6) is 4.21. The van der Waals surface area contributed by atoms with Gasteiger partial charge in [-0.15, -0.1) is 0 Å². The first kappa shape index (κ1) is 11.0. The van der Waals surface area contributed by atoms with Gasteiger partial charge in [-0.1, -0.05) is 5.92 Å². The van der Waals surface area contributed by atoms with Gasteiger partial charge in [-0.2, -0.15) is 0 Å². The van der Waals surface area contributed by atoms with Gasteiger partial charge < -0.3 is 15.5 Å². The first-order valence-electron chi connectivity index (χ1n) is 3.55. The number of rotatable bonds is 3. The minimum absolute atomic E-state index is 0.00296. The maximum atomic E-state index is 10.7. The summed E-state index contributed by atoms with van der Waals surface area (Å²) in [6.45, 7) is 2.57. The zero-order chi connectivity index (χ0) is 9.61. The average molecular weight is 171 g/mol. The molecule has 0 fully saturated rings. The first-order chi connectivity index (χ1) is 5.52. The fourth-order valence-electron chi connectivity index (χ4n) is 0.484. The highest BCUT2D eigenvalue weighted by Crippen LogP contribution is 1.97. The van der Waals surface area contributed by atoms with Crippen LogP contribution in [0.3, 0.4) is 0 Å². The zero-order valence-corrected chi connectivity index (χ0v) is 7.22. The lowest BCUT2D eigenvalue weighted by Gasteiger charge is -2.19. The molecular weight excluding hydrogens is 158 g/mol. The molecule has 0 aliphatic rings. The SMILES string of the molecule is CC#CC(=O)NCC(C)(O)CO. The predicted octanol–water partition coefficient (Wildman–Crippen LogP) is -1.13. The predicted molar refractivity (Wildman–Crippen MR) is 44.2 cm³/mol. The molecule has 1 unspecified atom stereocenters. The Hall–Kier alpha value is -1.05. The molecule has 0 aliphatic carbocycles. The van der Waals surface area contributed by atoms with E-state index in [0.29, 0.717) is 0 Å². The number of nitrogens with one attached hydrogen (secondary N) is 1. The number of carbonyl (C=O) groups is 1. The van der Waals surface area contributed by atoms with Crippen LogP contribution >= 0.6 is 0 Å². The molecule has 3 N–H and O–H groups in total. The van der Waals surface area contributed by atoms with E-state index in [0.717, 1.165) is 0 Å². The largest absolute Gasteiger partial charge is 0.393 e. The number of amides is 1. The van der Waals surface area contributed by atoms with Crippen LogP contribution in [0.4, 0.5) is 0 Å². The van der Waals surface area contributed by atoms with Crippen LogP contribution in [-0.4, -0.2) is 34.9 Å². The van der Waals surface area contributed by atoms with E-state index in [2.05, 4.69) is 17.2 Å². The van der Waals surface area contributed by atoms with Gasteiger partial charge in [-0.3, -0.25) is 4.79 Å². The maximum Gasteiger partial charge on any atom is 0.295 e. The highest BCUT2D eigenvalue weighted by molar-refractivity contribution is 5.93. The van der Waals surface area contributed by atoms with Crippen molar-refractivity contribution < 1.29 is 15.0 Å². The molecule has 0 rings (SSSR count). The summed E-state index contributed by atoms with van der Waals surface area (Å²) in [6.07, 6.45) is 0. The summed E-state index contributed by atoms with van der Waals surface area (Å²) >= 11 is 0. The molecule has 4 heteroatoms. The Morgan fingerprint density at radius 1 is 1.67 bits per heavy atom. The van der Waals surface area contributed by atoms with Crippen molar-refractivity contribution in [2.45, 2.75) is 19.4 Å². The zero-order valence-electron chi connectivity index (χ0n) is 7.22. The highest BCUT2D eigenvalue weighted by Gasteiger charge is 2.18. The third kappa shape index (κ3) is 4.72. The Kier molecular flexibility index (Phi) is 4.34. The second-order valence-electron chi connectivity index (χ2n) is 2.71. The smallest absolute Gasteiger partial charge is 0.295 e. The second kappa shape index (κ2) is 4.75. The number of hydrogen-bond donors (Lipinski definition) is 3. The van der Waals surface area contributed by atoms with E-state index in [9.17, 15) is 9.90 Å². The molecule has 0 heterocycles. The Bertz CT molecular complexity index is 212. The molecule has 0 aromatic rings. The first-order valence-corrected chi connectivity index (χ1v) is 3.55. The van der Waals surface area contributed by atoms with Gasteiger partial charge in [0.05, 0.1) is 6.61 Å². The van der Waals surface area contributed by atoms with Gasteiger partial charge in [-0.05, 0) is 19.8 Å². The molecule has 0 aromatic heterocycles. The Morgan fingerprint density at radius 2 is 2.25 bits per heavy atom. The van der Waals surface area contributed by atoms with Crippen molar-refractivity contribution >= 4 is 5.91 Å². The van der Waals surface area contributed by atoms with Crippen molar-refractivity contribution in [3.63, 3.8) is 0 Å². The van der Waals surface area contributed by atoms with Crippen LogP contribution in [0, 0.1) is 11.8 Å². The quantitative estimate of drug-likeness (QED) is 0.470. The van der Waals surface area contributed by atoms with Crippen molar-refractivity contribution in [2.24, 2.45) is 0 Å². The molecule has 0 aliphatic heterocycles. The third-order valence-corrected chi connectivity index (χ3v) is 1.21. The van der Waals surface area contributed by atoms with Crippen molar-refractivity contribution in [3.8, 4) is 11.8 Å². The summed E-state index contributed by atoms with van der Waals surface area (Å²) in [5, 5.41) is 20.2. The lowest BCUT2D eigenvalue weighted by atomic mass is 10.1. The van der Waals surface area contributed by atoms with Gasteiger partial charge in [0.2, 0.25) is 0 Å². The van der Waals surface area contributed by atoms with E-state index in [1.54, 1.807) is 6.92 Å². The molecule has 12 heavy (non-hydrogen) atoms. The Labute approximate surface area is 71.6 Å². The number of aliphatic hydroxyl groups excluding tert-OH is 1. The van der Waals surface area contributed by atoms with E-state index in [1.165, 1.54) is 6.92 Å². The van der Waals surface area contributed by atoms with E-state index >= 15 is 0 Å². The van der Waals surface area contributed by atoms with Crippen LogP contribution in [-0.2, 0) is 4.79 Å². The average Bonchev–Trinajstić information content (AvgIpc) is 2.02. The topological polar surface area (TPSA) is 69.6 Å². The summed E-state index contributed by atoms with van der Waals surface area (Å²) < 4.78 is 0. The molecule has 0 radical (unpaired) electrons. The molecule has 68 valence electrons. The molecular formula is C8H13NO3. The van der Waals surface area contributed by atoms with Crippen LogP contribution in [0.5, 0.6) is 0 Å². The molecule has 0 aromatic carbocycles. The fraction of sp³-hybridized carbons (Fsp3) is 0.625. The van der Waals surface area contributed by atoms with E-state index in [4.69, 9.17) is 5.11 Å². The molecule has 1 atom stereocenters. The van der Waals surface area contributed by atoms with Crippen molar-refractivity contribution in [2.75, 3.05) is 13.2 Å². The lowest BCUT2D eigenvalue weighted by Crippen LogP contribution is -2.42. The fourth-order valence-corrected chi connectivity index (χ4v) is 0.484. The maximum absolute atomic E-state index is 10.7. The van der Waals surface area contributed by atoms with Crippen LogP contribution in [0.15, 0.2) is 0 Å². The van der Waals surface area contributed by atoms with E-state index < -0.39 is 18.1 Å². The van der Waals surface area contributed by atoms with Gasteiger partial charge in [0.25, 0.3) is 5.91 Å². The van der Waals surface area contributed by atoms with Gasteiger partial charge in [0.15, 0.2) is 0 Å². The van der Waals surface area contributed by atoms with Gasteiger partial charge >= 0.3 is 0 Å². The molecule has 0 saturated heterocycles. The van der Waals surface area contributed by atoms with Crippen LogP contribution in [0.25, 0.3) is 0 Å². The van der Waals surface area contributed by atoms with Crippen molar-refractivity contribution in [1.29, 1.82) is 0 Å². The van der Waals surface area contributed by atoms with Crippen LogP contribution in [0.2, 0.25) is 0 Å². The summed E-state index contributed by atoms with van der Waals surface area (Å²) in [4.78, 5) is 10.7. The van der Waals surface area contributed by atoms with Crippen molar-refractivity contribution in [3.05, 3.63) is 0 Å². The van der Waals surface area contributed by atoms with Crippen LogP contribution in [0.1, 0.15) is 13.8 Å². The Morgan fingerprint density at radius 3 is 2.67 bits per heavy atom. The standard InChI is InChI=1S/C8H13NO3/c1-3-4-7(11)9-5-8(2,12)6-10/h10,12H,5-6H2,1-2H3,(H,9,11). The summed E-state index contributed by atoms with van der Waals surface area (Å²) in [7, 11) is 0. The monoisotopic (exact) mass is 171 g/mol. The molecule has 1 amide bonds. The third-order valence-electron chi connectivity index (χ3n) is 1.21. The minimum Gasteiger partial charge on any atom is -0.393 e. The Balaban J connectivity index is 3.80. The minimum atomic E-state index is -1.27. The molecule has 0 bridgehead atoms. The molecule has 0 spiro atoms. The number of aliphatic hydroxyl groups is 2. The van der Waals surface area contributed by atoms with Crippen LogP contribution < -0.4 is 5.32 Å². The van der Waals surface area contributed by atoms with E-state index in [-0.39, 0.29) is 6.54 Å². The summed E-state index contributed by atoms with van der Waals surface area (Å²) in [6, 6.07) is 0. The normalized spacial score (nSPS) is 14.0. The molecule has 4 nitrogen and oxygen atoms in total. The number of hydrogen-bond acceptors (Lipinski definition) is 3. The van der Waals surface area contributed by atoms with E-state index in [1.807, 2.05) is 0 Å². The van der Waals surface area contributed by atoms with Gasteiger partial charge in [0, 0.05) is 6.54 Å². The highest BCUT2D eigenvalue weighted by atomic mass is 16.3. The summed E-state index contributed by atoms with van der Waals surface area (Å²) in [5.41, 5.74) is -1.27.